The molecule has 0 amide bonds. The molecule has 3 aromatic heterocycles. The Morgan fingerprint density at radius 2 is 1.95 bits per heavy atom. The number of nitrogens with zero attached hydrogens (tertiary/aromatic N) is 5. The van der Waals surface area contributed by atoms with E-state index in [1.165, 1.54) is 23.9 Å². The Balaban J connectivity index is 1.72. The van der Waals surface area contributed by atoms with Gasteiger partial charge in [0.2, 0.25) is 0 Å². The highest BCUT2D eigenvalue weighted by Crippen LogP contribution is 2.39. The van der Waals surface area contributed by atoms with Crippen molar-refractivity contribution in [3.63, 3.8) is 0 Å². The van der Waals surface area contributed by atoms with Gasteiger partial charge in [0.1, 0.15) is 4.70 Å². The summed E-state index contributed by atoms with van der Waals surface area (Å²) in [7, 11) is 1.35. The van der Waals surface area contributed by atoms with Crippen LogP contribution in [-0.2, 0) is 11.3 Å². The highest BCUT2D eigenvalue weighted by Gasteiger charge is 2.21. The Kier molecular flexibility index (Phi) is 6.97. The molecule has 5 rings (SSSR count). The largest absolute Gasteiger partial charge is 0.494 e. The van der Waals surface area contributed by atoms with E-state index in [0.29, 0.717) is 52.6 Å². The lowest BCUT2D eigenvalue weighted by Crippen LogP contribution is -2.39. The predicted octanol–water partition coefficient (Wildman–Crippen LogP) is 3.83. The number of rotatable bonds is 6. The van der Waals surface area contributed by atoms with E-state index in [1.807, 2.05) is 6.07 Å². The van der Waals surface area contributed by atoms with Gasteiger partial charge in [-0.15, -0.1) is 11.3 Å². The van der Waals surface area contributed by atoms with Gasteiger partial charge in [-0.3, -0.25) is 14.3 Å². The van der Waals surface area contributed by atoms with Crippen molar-refractivity contribution >= 4 is 38.8 Å². The maximum atomic E-state index is 14.1. The Bertz CT molecular complexity index is 1650. The van der Waals surface area contributed by atoms with Crippen LogP contribution in [0.5, 0.6) is 5.75 Å². The molecule has 0 aliphatic carbocycles. The lowest BCUT2D eigenvalue weighted by Gasteiger charge is -2.28. The van der Waals surface area contributed by atoms with Gasteiger partial charge < -0.3 is 14.4 Å². The molecule has 190 valence electrons. The molecule has 0 unspecified atom stereocenters. The van der Waals surface area contributed by atoms with Crippen LogP contribution in [0.3, 0.4) is 0 Å². The second-order valence-corrected chi connectivity index (χ2v) is 9.73. The Labute approximate surface area is 219 Å². The van der Waals surface area contributed by atoms with Crippen molar-refractivity contribution in [3.05, 3.63) is 68.3 Å². The monoisotopic (exact) mass is 541 g/mol. The molecule has 1 aliphatic heterocycles. The van der Waals surface area contributed by atoms with E-state index in [9.17, 15) is 19.2 Å². The fourth-order valence-corrected chi connectivity index (χ4v) is 5.72. The quantitative estimate of drug-likeness (QED) is 0.365. The lowest BCUT2D eigenvalue weighted by molar-refractivity contribution is 0.122. The molecule has 0 atom stereocenters. The van der Waals surface area contributed by atoms with E-state index < -0.39 is 17.1 Å². The summed E-state index contributed by atoms with van der Waals surface area (Å²) in [6.07, 6.45) is 3.21. The number of methoxy groups -OCH3 is 1. The number of morpholine rings is 1. The number of aryl methyl sites for hydroxylation is 1. The number of nitriles is 1. The number of anilines is 1. The molecular weight excluding hydrogens is 521 g/mol. The average Bonchev–Trinajstić information content (AvgIpc) is 3.35. The Hall–Kier alpha value is -3.72. The lowest BCUT2D eigenvalue weighted by atomic mass is 10.1. The number of halogens is 2. The van der Waals surface area contributed by atoms with Crippen LogP contribution in [0, 0.1) is 17.1 Å². The number of fused-ring (bicyclic) bond motifs is 1. The number of benzene rings is 1. The van der Waals surface area contributed by atoms with Crippen LogP contribution in [0.4, 0.5) is 10.1 Å². The second kappa shape index (κ2) is 10.3. The van der Waals surface area contributed by atoms with Crippen molar-refractivity contribution < 1.29 is 13.9 Å². The molecule has 37 heavy (non-hydrogen) atoms. The van der Waals surface area contributed by atoms with E-state index in [1.54, 1.807) is 18.3 Å². The molecule has 1 aliphatic rings. The zero-order chi connectivity index (χ0) is 26.1. The SMILES string of the molecule is COc1cc(-c2cc3c(s2)c(=O)n(-c2cncc(N4CCOCC4)c2)c(=O)n3CCC#N)c(Cl)cc1F. The van der Waals surface area contributed by atoms with Crippen LogP contribution in [-0.4, -0.2) is 47.5 Å². The highest BCUT2D eigenvalue weighted by atomic mass is 35.5. The first kappa shape index (κ1) is 25.0. The predicted molar refractivity (Wildman–Crippen MR) is 140 cm³/mol. The smallest absolute Gasteiger partial charge is 0.336 e. The average molecular weight is 542 g/mol. The first-order chi connectivity index (χ1) is 17.9. The van der Waals surface area contributed by atoms with Crippen LogP contribution in [0.15, 0.2) is 46.2 Å². The standard InChI is InChI=1S/C25H21ClFN5O4S/c1-35-21-10-17(18(26)11-19(21)27)22-12-20-23(37-22)24(33)32(25(34)31(20)4-2-3-28)16-9-15(13-29-14-16)30-5-7-36-8-6-30/h9-14H,2,4-8H2,1H3. The molecule has 9 nitrogen and oxygen atoms in total. The summed E-state index contributed by atoms with van der Waals surface area (Å²) in [6.45, 7) is 2.57. The minimum Gasteiger partial charge on any atom is -0.494 e. The normalized spacial score (nSPS) is 13.6. The molecule has 4 heterocycles. The number of thiophene rings is 1. The van der Waals surface area contributed by atoms with Gasteiger partial charge in [-0.25, -0.2) is 13.8 Å². The molecule has 0 saturated carbocycles. The van der Waals surface area contributed by atoms with Gasteiger partial charge in [0.15, 0.2) is 11.6 Å². The third-order valence-corrected chi connectivity index (χ3v) is 7.58. The van der Waals surface area contributed by atoms with Crippen molar-refractivity contribution in [2.24, 2.45) is 0 Å². The fraction of sp³-hybridized carbons (Fsp3) is 0.280. The zero-order valence-corrected chi connectivity index (χ0v) is 21.3. The van der Waals surface area contributed by atoms with Gasteiger partial charge in [0.05, 0.1) is 67.1 Å². The molecular formula is C25H21ClFN5O4S. The summed E-state index contributed by atoms with van der Waals surface area (Å²) in [5.74, 6) is -0.611. The fourth-order valence-electron chi connectivity index (χ4n) is 4.29. The van der Waals surface area contributed by atoms with Crippen LogP contribution in [0.25, 0.3) is 26.3 Å². The minimum atomic E-state index is -0.613. The summed E-state index contributed by atoms with van der Waals surface area (Å²) >= 11 is 7.46. The summed E-state index contributed by atoms with van der Waals surface area (Å²) in [4.78, 5) is 34.2. The van der Waals surface area contributed by atoms with Gasteiger partial charge >= 0.3 is 5.69 Å². The van der Waals surface area contributed by atoms with Gasteiger partial charge in [-0.2, -0.15) is 5.26 Å². The van der Waals surface area contributed by atoms with E-state index in [4.69, 9.17) is 21.1 Å². The third kappa shape index (κ3) is 4.59. The summed E-state index contributed by atoms with van der Waals surface area (Å²) in [5, 5.41) is 9.33. The first-order valence-electron chi connectivity index (χ1n) is 11.4. The maximum absolute atomic E-state index is 14.1. The van der Waals surface area contributed by atoms with Crippen LogP contribution in [0.1, 0.15) is 6.42 Å². The van der Waals surface area contributed by atoms with Crippen molar-refractivity contribution in [2.45, 2.75) is 13.0 Å². The topological polar surface area (TPSA) is 102 Å². The van der Waals surface area contributed by atoms with Gasteiger partial charge in [0.25, 0.3) is 5.56 Å². The number of aromatic nitrogens is 3. The summed E-state index contributed by atoms with van der Waals surface area (Å²) in [5.41, 5.74) is 0.827. The molecule has 1 aromatic carbocycles. The number of pyridine rings is 1. The van der Waals surface area contributed by atoms with Crippen molar-refractivity contribution in [1.29, 1.82) is 5.26 Å². The minimum absolute atomic E-state index is 0.00198. The van der Waals surface area contributed by atoms with Crippen LogP contribution in [0.2, 0.25) is 5.02 Å². The van der Waals surface area contributed by atoms with E-state index in [0.717, 1.165) is 27.7 Å². The third-order valence-electron chi connectivity index (χ3n) is 6.12. The van der Waals surface area contributed by atoms with Crippen molar-refractivity contribution in [2.75, 3.05) is 38.3 Å². The van der Waals surface area contributed by atoms with Crippen LogP contribution >= 0.6 is 22.9 Å². The maximum Gasteiger partial charge on any atom is 0.336 e. The molecule has 0 radical (unpaired) electrons. The summed E-state index contributed by atoms with van der Waals surface area (Å²) in [6, 6.07) is 8.05. The molecule has 0 bridgehead atoms. The number of hydrogen-bond donors (Lipinski definition) is 0. The van der Waals surface area contributed by atoms with Gasteiger partial charge in [0, 0.05) is 30.1 Å². The number of hydrogen-bond acceptors (Lipinski definition) is 8. The van der Waals surface area contributed by atoms with E-state index >= 15 is 0 Å². The molecule has 1 saturated heterocycles. The summed E-state index contributed by atoms with van der Waals surface area (Å²) < 4.78 is 27.4. The number of ether oxygens (including phenoxy) is 2. The van der Waals surface area contributed by atoms with Crippen LogP contribution < -0.4 is 20.9 Å². The van der Waals surface area contributed by atoms with Crippen molar-refractivity contribution in [3.8, 4) is 27.9 Å². The molecule has 12 heteroatoms. The zero-order valence-electron chi connectivity index (χ0n) is 19.7. The molecule has 4 aromatic rings. The van der Waals surface area contributed by atoms with Gasteiger partial charge in [-0.05, 0) is 24.3 Å². The van der Waals surface area contributed by atoms with E-state index in [2.05, 4.69) is 9.88 Å². The second-order valence-electron chi connectivity index (χ2n) is 8.28. The highest BCUT2D eigenvalue weighted by molar-refractivity contribution is 7.22. The van der Waals surface area contributed by atoms with Gasteiger partial charge in [-0.1, -0.05) is 11.6 Å². The molecule has 1 fully saturated rings. The first-order valence-corrected chi connectivity index (χ1v) is 12.6. The van der Waals surface area contributed by atoms with Crippen molar-refractivity contribution in [1.82, 2.24) is 14.1 Å². The Morgan fingerprint density at radius 3 is 2.68 bits per heavy atom. The molecule has 0 spiro atoms. The van der Waals surface area contributed by atoms with E-state index in [-0.39, 0.29) is 23.7 Å². The molecule has 0 N–H and O–H groups in total. The Morgan fingerprint density at radius 1 is 1.19 bits per heavy atom.